The second kappa shape index (κ2) is 8.78. The van der Waals surface area contributed by atoms with Crippen molar-refractivity contribution in [1.82, 2.24) is 4.90 Å². The zero-order chi connectivity index (χ0) is 28.7. The number of carbonyl (C=O) groups excluding carboxylic acids is 4. The molecule has 4 amide bonds. The number of allylic oxidation sites excluding steroid dienone is 2. The fourth-order valence-corrected chi connectivity index (χ4v) is 7.78. The van der Waals surface area contributed by atoms with Gasteiger partial charge in [0.1, 0.15) is 11.5 Å². The molecule has 6 atom stereocenters. The van der Waals surface area contributed by atoms with Crippen LogP contribution in [0.4, 0.5) is 5.69 Å². The Morgan fingerprint density at radius 1 is 0.950 bits per heavy atom. The second-order valence-electron chi connectivity index (χ2n) is 12.6. The Morgan fingerprint density at radius 3 is 2.30 bits per heavy atom. The highest BCUT2D eigenvalue weighted by Gasteiger charge is 2.68. The van der Waals surface area contributed by atoms with E-state index in [2.05, 4.69) is 0 Å². The molecule has 0 bridgehead atoms. The fourth-order valence-electron chi connectivity index (χ4n) is 7.78. The standard InChI is InChI=1S/C32H34N2O6/c1-31(2,3)34-27(36)21-14-13-19-22(25(21)29(34)38)16-23-28(37)33(17-9-7-6-8-10-17)30(39)32(23,4)26(19)20-12-11-18(35)15-24(20)40-5/h6-13,15,21-23,25-26,35H,14,16H2,1-5H3. The molecule has 8 heteroatoms. The number of rotatable bonds is 3. The van der Waals surface area contributed by atoms with Crippen LogP contribution in [0.2, 0.25) is 0 Å². The minimum absolute atomic E-state index is 0.0180. The number of carbonyl (C=O) groups is 4. The molecule has 2 aromatic carbocycles. The summed E-state index contributed by atoms with van der Waals surface area (Å²) in [6.45, 7) is 7.40. The molecule has 2 saturated heterocycles. The summed E-state index contributed by atoms with van der Waals surface area (Å²) >= 11 is 0. The summed E-state index contributed by atoms with van der Waals surface area (Å²) in [6, 6.07) is 13.7. The molecule has 2 heterocycles. The number of nitrogens with zero attached hydrogens (tertiary/aromatic N) is 2. The first-order valence-corrected chi connectivity index (χ1v) is 13.8. The number of aromatic hydroxyl groups is 1. The van der Waals surface area contributed by atoms with E-state index >= 15 is 0 Å². The number of para-hydroxylation sites is 1. The summed E-state index contributed by atoms with van der Waals surface area (Å²) in [6.07, 6.45) is 2.70. The van der Waals surface area contributed by atoms with Crippen LogP contribution in [0, 0.1) is 29.1 Å². The number of ether oxygens (including phenoxy) is 1. The van der Waals surface area contributed by atoms with Gasteiger partial charge < -0.3 is 9.84 Å². The Labute approximate surface area is 233 Å². The van der Waals surface area contributed by atoms with Crippen LogP contribution in [0.15, 0.2) is 60.2 Å². The molecule has 2 aromatic rings. The molecule has 0 radical (unpaired) electrons. The zero-order valence-electron chi connectivity index (χ0n) is 23.4. The molecule has 1 N–H and O–H groups in total. The van der Waals surface area contributed by atoms with Gasteiger partial charge in [-0.25, -0.2) is 4.90 Å². The molecule has 6 unspecified atom stereocenters. The van der Waals surface area contributed by atoms with Gasteiger partial charge in [0.15, 0.2) is 0 Å². The number of imide groups is 2. The maximum Gasteiger partial charge on any atom is 0.241 e. The number of phenolic OH excluding ortho intramolecular Hbond substituents is 1. The molecule has 0 aromatic heterocycles. The lowest BCUT2D eigenvalue weighted by Crippen LogP contribution is -2.49. The lowest BCUT2D eigenvalue weighted by atomic mass is 9.51. The van der Waals surface area contributed by atoms with E-state index in [4.69, 9.17) is 4.74 Å². The highest BCUT2D eigenvalue weighted by Crippen LogP contribution is 2.64. The molecular weight excluding hydrogens is 508 g/mol. The number of likely N-dealkylation sites (tertiary alicyclic amines) is 1. The predicted molar refractivity (Wildman–Crippen MR) is 147 cm³/mol. The average molecular weight is 543 g/mol. The summed E-state index contributed by atoms with van der Waals surface area (Å²) < 4.78 is 5.69. The number of phenols is 1. The van der Waals surface area contributed by atoms with Gasteiger partial charge in [-0.2, -0.15) is 0 Å². The van der Waals surface area contributed by atoms with Crippen LogP contribution in [0.3, 0.4) is 0 Å². The summed E-state index contributed by atoms with van der Waals surface area (Å²) in [5, 5.41) is 10.2. The first kappa shape index (κ1) is 26.3. The van der Waals surface area contributed by atoms with Crippen molar-refractivity contribution in [2.45, 2.75) is 52.0 Å². The molecule has 208 valence electrons. The van der Waals surface area contributed by atoms with E-state index in [1.54, 1.807) is 36.4 Å². The van der Waals surface area contributed by atoms with E-state index in [-0.39, 0.29) is 29.4 Å². The smallest absolute Gasteiger partial charge is 0.241 e. The lowest BCUT2D eigenvalue weighted by Gasteiger charge is -2.49. The molecule has 6 rings (SSSR count). The number of hydrogen-bond donors (Lipinski definition) is 1. The summed E-state index contributed by atoms with van der Waals surface area (Å²) in [5.74, 6) is -3.37. The number of methoxy groups -OCH3 is 1. The number of hydrogen-bond acceptors (Lipinski definition) is 6. The van der Waals surface area contributed by atoms with Crippen LogP contribution in [0.1, 0.15) is 52.0 Å². The average Bonchev–Trinajstić information content (AvgIpc) is 3.29. The van der Waals surface area contributed by atoms with Gasteiger partial charge in [-0.3, -0.25) is 24.1 Å². The van der Waals surface area contributed by atoms with Crippen LogP contribution in [0.25, 0.3) is 0 Å². The van der Waals surface area contributed by atoms with Crippen molar-refractivity contribution in [2.75, 3.05) is 12.0 Å². The Morgan fingerprint density at radius 2 is 1.65 bits per heavy atom. The second-order valence-corrected chi connectivity index (χ2v) is 12.6. The molecule has 1 saturated carbocycles. The van der Waals surface area contributed by atoms with Gasteiger partial charge in [0.05, 0.1) is 36.0 Å². The number of anilines is 1. The van der Waals surface area contributed by atoms with E-state index in [1.807, 2.05) is 39.8 Å². The van der Waals surface area contributed by atoms with Crippen LogP contribution >= 0.6 is 0 Å². The summed E-state index contributed by atoms with van der Waals surface area (Å²) in [5.41, 5.74) is 0.226. The molecule has 4 aliphatic rings. The van der Waals surface area contributed by atoms with Crippen molar-refractivity contribution in [1.29, 1.82) is 0 Å². The first-order valence-electron chi connectivity index (χ1n) is 13.8. The van der Waals surface area contributed by atoms with Crippen LogP contribution in [0.5, 0.6) is 11.5 Å². The van der Waals surface area contributed by atoms with Crippen molar-refractivity contribution in [3.8, 4) is 11.5 Å². The molecule has 2 aliphatic heterocycles. The summed E-state index contributed by atoms with van der Waals surface area (Å²) in [4.78, 5) is 58.6. The highest BCUT2D eigenvalue weighted by atomic mass is 16.5. The van der Waals surface area contributed by atoms with E-state index in [9.17, 15) is 24.3 Å². The van der Waals surface area contributed by atoms with E-state index < -0.39 is 40.5 Å². The quantitative estimate of drug-likeness (QED) is 0.455. The van der Waals surface area contributed by atoms with Crippen molar-refractivity contribution < 1.29 is 29.0 Å². The molecule has 8 nitrogen and oxygen atoms in total. The molecule has 0 spiro atoms. The topological polar surface area (TPSA) is 104 Å². The maximum atomic E-state index is 14.4. The highest BCUT2D eigenvalue weighted by molar-refractivity contribution is 6.24. The fraction of sp³-hybridized carbons (Fsp3) is 0.438. The Kier molecular flexibility index (Phi) is 5.77. The summed E-state index contributed by atoms with van der Waals surface area (Å²) in [7, 11) is 1.50. The van der Waals surface area contributed by atoms with Crippen molar-refractivity contribution in [2.24, 2.45) is 29.1 Å². The minimum Gasteiger partial charge on any atom is -0.508 e. The largest absolute Gasteiger partial charge is 0.508 e. The van der Waals surface area contributed by atoms with Gasteiger partial charge in [-0.05, 0) is 64.7 Å². The van der Waals surface area contributed by atoms with E-state index in [1.165, 1.54) is 23.0 Å². The Balaban J connectivity index is 1.55. The molecule has 3 fully saturated rings. The molecule has 2 aliphatic carbocycles. The van der Waals surface area contributed by atoms with Crippen molar-refractivity contribution >= 4 is 29.3 Å². The number of amides is 4. The molecular formula is C32H34N2O6. The van der Waals surface area contributed by atoms with Gasteiger partial charge in [-0.1, -0.05) is 35.9 Å². The Bertz CT molecular complexity index is 1470. The van der Waals surface area contributed by atoms with Gasteiger partial charge in [0.25, 0.3) is 0 Å². The number of benzene rings is 2. The lowest BCUT2D eigenvalue weighted by molar-refractivity contribution is -0.145. The van der Waals surface area contributed by atoms with Crippen LogP contribution < -0.4 is 9.64 Å². The van der Waals surface area contributed by atoms with E-state index in [0.29, 0.717) is 29.8 Å². The Hall–Kier alpha value is -3.94. The molecule has 40 heavy (non-hydrogen) atoms. The van der Waals surface area contributed by atoms with Crippen LogP contribution in [-0.4, -0.2) is 46.3 Å². The minimum atomic E-state index is -1.16. The normalized spacial score (nSPS) is 31.6. The third-order valence-electron chi connectivity index (χ3n) is 9.49. The number of fused-ring (bicyclic) bond motifs is 4. The zero-order valence-corrected chi connectivity index (χ0v) is 23.4. The van der Waals surface area contributed by atoms with Gasteiger partial charge >= 0.3 is 0 Å². The third kappa shape index (κ3) is 3.44. The third-order valence-corrected chi connectivity index (χ3v) is 9.49. The van der Waals surface area contributed by atoms with Crippen molar-refractivity contribution in [3.05, 3.63) is 65.7 Å². The SMILES string of the molecule is COc1cc(O)ccc1C1C2=CCC3C(=O)N(C(C)(C)C)C(=O)C3C2CC2C(=O)N(c3ccccc3)C(=O)C21C. The van der Waals surface area contributed by atoms with Gasteiger partial charge in [0, 0.05) is 23.1 Å². The van der Waals surface area contributed by atoms with Crippen molar-refractivity contribution in [3.63, 3.8) is 0 Å². The van der Waals surface area contributed by atoms with Gasteiger partial charge in [0.2, 0.25) is 23.6 Å². The maximum absolute atomic E-state index is 14.4. The van der Waals surface area contributed by atoms with E-state index in [0.717, 1.165) is 5.57 Å². The van der Waals surface area contributed by atoms with Crippen LogP contribution in [-0.2, 0) is 19.2 Å². The first-order chi connectivity index (χ1) is 18.9. The van der Waals surface area contributed by atoms with Gasteiger partial charge in [-0.15, -0.1) is 0 Å². The monoisotopic (exact) mass is 542 g/mol. The predicted octanol–water partition coefficient (Wildman–Crippen LogP) is 4.43.